The molecule has 18 heavy (non-hydrogen) atoms. The van der Waals surface area contributed by atoms with Crippen molar-refractivity contribution < 1.29 is 34.8 Å². The van der Waals surface area contributed by atoms with E-state index >= 15 is 0 Å². The average Bonchev–Trinajstić information content (AvgIpc) is 2.18. The third-order valence-corrected chi connectivity index (χ3v) is 0.972. The second kappa shape index (κ2) is 15.1. The highest BCUT2D eigenvalue weighted by Gasteiger charge is 2.16. The molecule has 0 rings (SSSR count). The van der Waals surface area contributed by atoms with Gasteiger partial charge in [-0.25, -0.2) is 4.79 Å². The quantitative estimate of drug-likeness (QED) is 0.551. The molecule has 0 fully saturated rings. The number of hydrogen-bond donors (Lipinski definition) is 4. The van der Waals surface area contributed by atoms with E-state index in [1.165, 1.54) is 11.6 Å². The van der Waals surface area contributed by atoms with E-state index in [0.717, 1.165) is 0 Å². The Morgan fingerprint density at radius 2 is 1.50 bits per heavy atom. The average molecular weight is 283 g/mol. The van der Waals surface area contributed by atoms with Gasteiger partial charge in [-0.15, -0.1) is 6.58 Å². The van der Waals surface area contributed by atoms with Crippen LogP contribution in [-0.2, 0) is 14.4 Å². The van der Waals surface area contributed by atoms with Crippen molar-refractivity contribution in [1.29, 1.82) is 0 Å². The zero-order valence-corrected chi connectivity index (χ0v) is 10.2. The maximum absolute atomic E-state index is 9.72. The fraction of sp³-hybridized carbons (Fsp3) is 0.300. The van der Waals surface area contributed by atoms with Crippen molar-refractivity contribution in [2.45, 2.75) is 18.9 Å². The van der Waals surface area contributed by atoms with Gasteiger partial charge in [0.2, 0.25) is 0 Å². The van der Waals surface area contributed by atoms with Gasteiger partial charge < -0.3 is 20.4 Å². The Balaban J connectivity index is -0.000000216. The molecular formula is C10H15ClO7. The number of carbonyl (C=O) groups is 3. The molecule has 104 valence electrons. The van der Waals surface area contributed by atoms with Gasteiger partial charge in [-0.3, -0.25) is 9.59 Å². The Morgan fingerprint density at radius 1 is 1.11 bits per heavy atom. The highest BCUT2D eigenvalue weighted by molar-refractivity contribution is 6.25. The highest BCUT2D eigenvalue weighted by Crippen LogP contribution is 1.89. The van der Waals surface area contributed by atoms with Crippen LogP contribution in [0.3, 0.4) is 0 Å². The Labute approximate surface area is 109 Å². The van der Waals surface area contributed by atoms with E-state index in [1.54, 1.807) is 0 Å². The van der Waals surface area contributed by atoms with Crippen molar-refractivity contribution in [3.63, 3.8) is 0 Å². The number of carboxylic acid groups (broad SMARTS) is 3. The molecule has 1 unspecified atom stereocenters. The summed E-state index contributed by atoms with van der Waals surface area (Å²) in [5.41, 5.74) is 1.22. The molecule has 0 radical (unpaired) electrons. The predicted octanol–water partition coefficient (Wildman–Crippen LogP) is 0.922. The Kier molecular flexibility index (Phi) is 18.0. The first-order chi connectivity index (χ1) is 8.22. The van der Waals surface area contributed by atoms with Crippen molar-refractivity contribution in [2.75, 3.05) is 0 Å². The highest BCUT2D eigenvalue weighted by atomic mass is 35.5. The summed E-state index contributed by atoms with van der Waals surface area (Å²) in [6.45, 7) is 6.35. The van der Waals surface area contributed by atoms with Crippen LogP contribution in [0.25, 0.3) is 0 Å². The summed E-state index contributed by atoms with van der Waals surface area (Å²) < 4.78 is 0. The molecule has 1 atom stereocenters. The van der Waals surface area contributed by atoms with E-state index < -0.39 is 30.4 Å². The molecule has 0 saturated carbocycles. The summed E-state index contributed by atoms with van der Waals surface area (Å²) in [7, 11) is 0. The second-order valence-electron chi connectivity index (χ2n) is 2.49. The van der Waals surface area contributed by atoms with Crippen molar-refractivity contribution in [1.82, 2.24) is 0 Å². The van der Waals surface area contributed by atoms with Crippen LogP contribution >= 0.6 is 11.6 Å². The molecule has 0 aliphatic heterocycles. The normalized spacial score (nSPS) is 9.44. The molecule has 4 N–H and O–H groups in total. The van der Waals surface area contributed by atoms with E-state index in [-0.39, 0.29) is 6.42 Å². The lowest BCUT2D eigenvalue weighted by molar-refractivity contribution is -0.152. The lowest BCUT2D eigenvalue weighted by Gasteiger charge is -1.97. The summed E-state index contributed by atoms with van der Waals surface area (Å²) in [6.07, 6.45) is -1.14. The van der Waals surface area contributed by atoms with Gasteiger partial charge in [0.1, 0.15) is 0 Å². The van der Waals surface area contributed by atoms with E-state index in [2.05, 4.69) is 13.2 Å². The van der Waals surface area contributed by atoms with Crippen LogP contribution < -0.4 is 0 Å². The number of carboxylic acids is 3. The minimum Gasteiger partial charge on any atom is -0.481 e. The van der Waals surface area contributed by atoms with E-state index in [1.807, 2.05) is 0 Å². The van der Waals surface area contributed by atoms with Crippen LogP contribution in [0.5, 0.6) is 0 Å². The van der Waals surface area contributed by atoms with E-state index in [0.29, 0.717) is 0 Å². The molecule has 0 aromatic carbocycles. The van der Waals surface area contributed by atoms with E-state index in [9.17, 15) is 14.4 Å². The fourth-order valence-electron chi connectivity index (χ4n) is 0.376. The molecule has 0 spiro atoms. The van der Waals surface area contributed by atoms with Gasteiger partial charge in [0.15, 0.2) is 6.10 Å². The molecule has 0 bridgehead atoms. The fourth-order valence-corrected chi connectivity index (χ4v) is 0.376. The van der Waals surface area contributed by atoms with Gasteiger partial charge in [0, 0.05) is 0 Å². The van der Waals surface area contributed by atoms with Crippen LogP contribution in [0.2, 0.25) is 0 Å². The largest absolute Gasteiger partial charge is 0.481 e. The minimum absolute atomic E-state index is 0.0556. The zero-order chi connectivity index (χ0) is 15.1. The Morgan fingerprint density at radius 3 is 1.56 bits per heavy atom. The van der Waals surface area contributed by atoms with Crippen molar-refractivity contribution >= 4 is 29.5 Å². The van der Waals surface area contributed by atoms with Gasteiger partial charge in [0.25, 0.3) is 0 Å². The lowest BCUT2D eigenvalue weighted by Crippen LogP contribution is -2.22. The summed E-state index contributed by atoms with van der Waals surface area (Å²) in [6, 6.07) is 0. The summed E-state index contributed by atoms with van der Waals surface area (Å²) >= 11 is 4.76. The third-order valence-electron chi connectivity index (χ3n) is 0.972. The Hall–Kier alpha value is -1.86. The molecule has 0 saturated heterocycles. The molecule has 8 heteroatoms. The van der Waals surface area contributed by atoms with Gasteiger partial charge in [-0.05, 0) is 5.54 Å². The molecular weight excluding hydrogens is 268 g/mol. The van der Waals surface area contributed by atoms with Crippen LogP contribution in [0.4, 0.5) is 0 Å². The first kappa shape index (κ1) is 21.4. The maximum atomic E-state index is 9.72. The standard InChI is InChI=1S/C4H6O5.C4H6O2.C2H3Cl/c5-2(4(8)9)1-3(6)7;1-2-3-4(5)6;1-2-3/h2,5H,1H2,(H,6,7)(H,8,9);2H,1,3H2,(H,5,6);2H,1H2. The van der Waals surface area contributed by atoms with Crippen molar-refractivity contribution in [3.05, 3.63) is 24.8 Å². The molecule has 0 heterocycles. The Bertz CT molecular complexity index is 288. The summed E-state index contributed by atoms with van der Waals surface area (Å²) in [5, 5.41) is 32.0. The molecule has 0 aliphatic rings. The number of hydrogen-bond acceptors (Lipinski definition) is 4. The minimum atomic E-state index is -1.79. The number of aliphatic carboxylic acids is 3. The maximum Gasteiger partial charge on any atom is 0.333 e. The van der Waals surface area contributed by atoms with E-state index in [4.69, 9.17) is 32.0 Å². The SMILES string of the molecule is C=CCC(=O)O.C=CCl.O=C(O)CC(O)C(=O)O. The van der Waals surface area contributed by atoms with Gasteiger partial charge in [0.05, 0.1) is 12.8 Å². The van der Waals surface area contributed by atoms with Crippen LogP contribution in [0.1, 0.15) is 12.8 Å². The number of halogens is 1. The second-order valence-corrected chi connectivity index (χ2v) is 2.80. The van der Waals surface area contributed by atoms with Gasteiger partial charge in [-0.2, -0.15) is 0 Å². The topological polar surface area (TPSA) is 132 Å². The monoisotopic (exact) mass is 282 g/mol. The van der Waals surface area contributed by atoms with Crippen LogP contribution in [-0.4, -0.2) is 44.4 Å². The van der Waals surface area contributed by atoms with Gasteiger partial charge >= 0.3 is 17.9 Å². The number of aliphatic hydroxyl groups excluding tert-OH is 1. The van der Waals surface area contributed by atoms with Crippen molar-refractivity contribution in [2.24, 2.45) is 0 Å². The molecule has 0 aromatic rings. The molecule has 0 aliphatic carbocycles. The number of rotatable bonds is 5. The zero-order valence-electron chi connectivity index (χ0n) is 9.45. The lowest BCUT2D eigenvalue weighted by atomic mass is 10.3. The molecule has 7 nitrogen and oxygen atoms in total. The van der Waals surface area contributed by atoms with Crippen molar-refractivity contribution in [3.8, 4) is 0 Å². The van der Waals surface area contributed by atoms with Crippen LogP contribution in [0, 0.1) is 0 Å². The smallest absolute Gasteiger partial charge is 0.333 e. The molecule has 0 amide bonds. The third kappa shape index (κ3) is 29.2. The first-order valence-electron chi connectivity index (χ1n) is 4.39. The van der Waals surface area contributed by atoms with Crippen LogP contribution in [0.15, 0.2) is 24.8 Å². The summed E-state index contributed by atoms with van der Waals surface area (Å²) in [5.74, 6) is -3.67. The predicted molar refractivity (Wildman–Crippen MR) is 64.4 cm³/mol. The van der Waals surface area contributed by atoms with Gasteiger partial charge in [-0.1, -0.05) is 24.3 Å². The number of aliphatic hydroxyl groups is 1. The first-order valence-corrected chi connectivity index (χ1v) is 4.82. The molecule has 0 aromatic heterocycles. The summed E-state index contributed by atoms with van der Waals surface area (Å²) in [4.78, 5) is 28.9.